The van der Waals surface area contributed by atoms with Crippen LogP contribution in [0.5, 0.6) is 0 Å². The predicted molar refractivity (Wildman–Crippen MR) is 155 cm³/mol. The maximum absolute atomic E-state index is 13.0. The molecule has 3 amide bonds. The fourth-order valence-corrected chi connectivity index (χ4v) is 4.45. The Morgan fingerprint density at radius 3 is 2.45 bits per heavy atom. The summed E-state index contributed by atoms with van der Waals surface area (Å²) >= 11 is 0. The first-order valence-electron chi connectivity index (χ1n) is 13.7. The first-order chi connectivity index (χ1) is 19.9. The second-order valence-corrected chi connectivity index (χ2v) is 10.3. The van der Waals surface area contributed by atoms with Crippen molar-refractivity contribution in [3.8, 4) is 22.4 Å². The summed E-state index contributed by atoms with van der Waals surface area (Å²) in [5.74, 6) is -0.118. The Labute approximate surface area is 241 Å². The number of benzene rings is 1. The van der Waals surface area contributed by atoms with Gasteiger partial charge >= 0.3 is 12.2 Å². The minimum atomic E-state index is -4.50. The lowest BCUT2D eigenvalue weighted by Gasteiger charge is -2.25. The summed E-state index contributed by atoms with van der Waals surface area (Å²) in [6.07, 6.45) is 2.57. The van der Waals surface area contributed by atoms with Gasteiger partial charge in [0.1, 0.15) is 17.7 Å². The minimum absolute atomic E-state index is 0.118. The molecule has 42 heavy (non-hydrogen) atoms. The zero-order valence-electron chi connectivity index (χ0n) is 24.0. The lowest BCUT2D eigenvalue weighted by molar-refractivity contribution is -0.128. The van der Waals surface area contributed by atoms with E-state index in [-0.39, 0.29) is 5.91 Å². The van der Waals surface area contributed by atoms with Gasteiger partial charge in [0.15, 0.2) is 0 Å². The van der Waals surface area contributed by atoms with Gasteiger partial charge in [-0.05, 0) is 56.8 Å². The molecule has 3 heterocycles. The van der Waals surface area contributed by atoms with Crippen molar-refractivity contribution in [2.45, 2.75) is 39.4 Å². The van der Waals surface area contributed by atoms with Crippen molar-refractivity contribution in [2.24, 2.45) is 0 Å². The van der Waals surface area contributed by atoms with Crippen molar-refractivity contribution in [2.75, 3.05) is 38.0 Å². The van der Waals surface area contributed by atoms with E-state index in [2.05, 4.69) is 39.5 Å². The Kier molecular flexibility index (Phi) is 9.20. The van der Waals surface area contributed by atoms with Crippen molar-refractivity contribution in [3.05, 3.63) is 61.2 Å². The molecule has 0 aliphatic heterocycles. The van der Waals surface area contributed by atoms with Crippen molar-refractivity contribution in [3.63, 3.8) is 0 Å². The molecule has 0 radical (unpaired) electrons. The maximum atomic E-state index is 13.0. The third-order valence-corrected chi connectivity index (χ3v) is 7.03. The number of imidazole rings is 1. The molecule has 0 atom stereocenters. The van der Waals surface area contributed by atoms with Crippen LogP contribution in [-0.2, 0) is 10.3 Å². The van der Waals surface area contributed by atoms with Crippen LogP contribution >= 0.6 is 0 Å². The molecule has 13 heteroatoms. The van der Waals surface area contributed by atoms with Crippen LogP contribution in [0.3, 0.4) is 0 Å². The number of urea groups is 1. The molecular formula is C29H35F3N8O2. The third-order valence-electron chi connectivity index (χ3n) is 7.03. The summed E-state index contributed by atoms with van der Waals surface area (Å²) in [6, 6.07) is 9.60. The van der Waals surface area contributed by atoms with Crippen LogP contribution < -0.4 is 16.0 Å². The molecule has 3 aromatic heterocycles. The van der Waals surface area contributed by atoms with Gasteiger partial charge in [-0.3, -0.25) is 13.9 Å². The van der Waals surface area contributed by atoms with Gasteiger partial charge in [-0.2, -0.15) is 18.3 Å². The number of hydrogen-bond acceptors (Lipinski definition) is 5. The number of halogens is 3. The number of pyridine rings is 1. The van der Waals surface area contributed by atoms with E-state index in [0.717, 1.165) is 36.5 Å². The monoisotopic (exact) mass is 584 g/mol. The Morgan fingerprint density at radius 2 is 1.74 bits per heavy atom. The van der Waals surface area contributed by atoms with E-state index in [1.807, 2.05) is 48.8 Å². The van der Waals surface area contributed by atoms with E-state index in [1.54, 1.807) is 40.6 Å². The molecule has 224 valence electrons. The summed E-state index contributed by atoms with van der Waals surface area (Å²) < 4.78 is 40.7. The zero-order chi connectivity index (χ0) is 30.5. The molecule has 1 aromatic carbocycles. The number of fused-ring (bicyclic) bond motifs is 1. The van der Waals surface area contributed by atoms with Crippen LogP contribution in [0.25, 0.3) is 28.0 Å². The molecule has 3 N–H and O–H groups in total. The Morgan fingerprint density at radius 1 is 0.976 bits per heavy atom. The number of carbonyl (C=O) groups excluding carboxylic acids is 2. The van der Waals surface area contributed by atoms with Crippen LogP contribution in [0, 0.1) is 0 Å². The number of likely N-dealkylation sites (N-methyl/N-ethyl adjacent to an activating group) is 1. The molecule has 4 aromatic rings. The highest BCUT2D eigenvalue weighted by Gasteiger charge is 2.31. The van der Waals surface area contributed by atoms with Crippen LogP contribution in [0.1, 0.15) is 27.7 Å². The Hall–Kier alpha value is -4.39. The molecule has 0 aliphatic carbocycles. The topological polar surface area (TPSA) is 109 Å². The van der Waals surface area contributed by atoms with Gasteiger partial charge in [0.2, 0.25) is 5.91 Å². The average Bonchev–Trinajstić information content (AvgIpc) is 3.62. The van der Waals surface area contributed by atoms with Crippen LogP contribution in [0.15, 0.2) is 61.2 Å². The van der Waals surface area contributed by atoms with Gasteiger partial charge in [0.25, 0.3) is 0 Å². The number of alkyl halides is 3. The van der Waals surface area contributed by atoms with E-state index in [1.165, 1.54) is 0 Å². The van der Waals surface area contributed by atoms with Crippen molar-refractivity contribution < 1.29 is 22.8 Å². The van der Waals surface area contributed by atoms with Gasteiger partial charge in [-0.25, -0.2) is 9.78 Å². The molecular weight excluding hydrogens is 549 g/mol. The number of carbonyl (C=O) groups is 2. The quantitative estimate of drug-likeness (QED) is 0.236. The highest BCUT2D eigenvalue weighted by molar-refractivity contribution is 5.90. The first-order valence-corrected chi connectivity index (χ1v) is 13.7. The van der Waals surface area contributed by atoms with Crippen LogP contribution in [-0.4, -0.2) is 74.9 Å². The fourth-order valence-electron chi connectivity index (χ4n) is 4.45. The van der Waals surface area contributed by atoms with Gasteiger partial charge in [-0.1, -0.05) is 26.0 Å². The predicted octanol–water partition coefficient (Wildman–Crippen LogP) is 4.74. The third kappa shape index (κ3) is 7.27. The van der Waals surface area contributed by atoms with Crippen molar-refractivity contribution >= 4 is 23.3 Å². The van der Waals surface area contributed by atoms with E-state index < -0.39 is 24.3 Å². The van der Waals surface area contributed by atoms with Gasteiger partial charge in [0, 0.05) is 42.3 Å². The second-order valence-electron chi connectivity index (χ2n) is 10.3. The zero-order valence-corrected chi connectivity index (χ0v) is 24.0. The molecule has 0 saturated heterocycles. The number of anilines is 1. The highest BCUT2D eigenvalue weighted by atomic mass is 19.4. The van der Waals surface area contributed by atoms with E-state index in [0.29, 0.717) is 23.4 Å². The smallest absolute Gasteiger partial charge is 0.353 e. The summed E-state index contributed by atoms with van der Waals surface area (Å²) in [5.41, 5.74) is 3.23. The van der Waals surface area contributed by atoms with Gasteiger partial charge in [-0.15, -0.1) is 0 Å². The van der Waals surface area contributed by atoms with Crippen LogP contribution in [0.2, 0.25) is 0 Å². The lowest BCUT2D eigenvalue weighted by atomic mass is 10.0. The molecule has 10 nitrogen and oxygen atoms in total. The number of amides is 3. The SMILES string of the molecule is CCN(CC)CCNC(=O)C(C)(C)n1cc(-c2ccn3c(-c4cccc(NC(=O)NCC(F)(F)F)c4)cnc3c2)cn1. The number of aromatic nitrogens is 4. The molecule has 0 saturated carbocycles. The Balaban J connectivity index is 1.47. The lowest BCUT2D eigenvalue weighted by Crippen LogP contribution is -2.46. The van der Waals surface area contributed by atoms with Crippen molar-refractivity contribution in [1.82, 2.24) is 34.7 Å². The normalized spacial score (nSPS) is 12.1. The summed E-state index contributed by atoms with van der Waals surface area (Å²) in [4.78, 5) is 31.6. The highest BCUT2D eigenvalue weighted by Crippen LogP contribution is 2.28. The molecule has 0 bridgehead atoms. The average molecular weight is 585 g/mol. The number of nitrogens with one attached hydrogen (secondary N) is 3. The molecule has 0 aliphatic rings. The molecule has 0 spiro atoms. The second kappa shape index (κ2) is 12.6. The summed E-state index contributed by atoms with van der Waals surface area (Å²) in [6.45, 7) is 9.60. The maximum Gasteiger partial charge on any atom is 0.405 e. The van der Waals surface area contributed by atoms with Gasteiger partial charge in [0.05, 0.1) is 18.1 Å². The van der Waals surface area contributed by atoms with Gasteiger partial charge < -0.3 is 20.9 Å². The summed E-state index contributed by atoms with van der Waals surface area (Å²) in [7, 11) is 0. The minimum Gasteiger partial charge on any atom is -0.353 e. The van der Waals surface area contributed by atoms with E-state index >= 15 is 0 Å². The number of hydrogen-bond donors (Lipinski definition) is 3. The van der Waals surface area contributed by atoms with Crippen LogP contribution in [0.4, 0.5) is 23.7 Å². The fraction of sp³-hybridized carbons (Fsp3) is 0.379. The van der Waals surface area contributed by atoms with Crippen molar-refractivity contribution in [1.29, 1.82) is 0 Å². The largest absolute Gasteiger partial charge is 0.405 e. The first kappa shape index (κ1) is 30.6. The Bertz CT molecular complexity index is 1540. The van der Waals surface area contributed by atoms with E-state index in [4.69, 9.17) is 0 Å². The molecule has 0 fully saturated rings. The van der Waals surface area contributed by atoms with E-state index in [9.17, 15) is 22.8 Å². The molecule has 4 rings (SSSR count). The number of nitrogens with zero attached hydrogens (tertiary/aromatic N) is 5. The summed E-state index contributed by atoms with van der Waals surface area (Å²) in [5, 5.41) is 11.7. The molecule has 0 unspecified atom stereocenters. The number of rotatable bonds is 11. The standard InChI is InChI=1S/C29H35F3N8O2/c1-5-38(6-2)13-11-33-26(41)28(3,4)40-18-22(16-36-40)20-10-12-39-24(17-34-25(39)15-20)21-8-7-9-23(14-21)37-27(42)35-19-29(30,31)32/h7-10,12,14-18H,5-6,11,13,19H2,1-4H3,(H,33,41)(H2,35,37,42).